The standard InChI is InChI=1S/C55H54O10/c1-32(57)64-51-28-40(65-54(61)21-34-14-15-36-22-39(58)26-42(41(36)20-34)35-12-8-5-9-13-35)27-45-43-30-53(63-3)49(59)24-37(43)16-17-46(45)55(19-18-33-10-6-4-7-11-33)47(51)23-38-25-52(62-2)50(60)29-44(38)48(55)31-56/h4-15,18-20,22,24-26,29-30,40,45-48,51,56,58-60H,16-17,21,23,27-28,31H2,1-3H3/b19-18+/t40-,45+,46+,47+,48+,51+,55+/m0/s1. The maximum absolute atomic E-state index is 14.4. The van der Waals surface area contributed by atoms with Gasteiger partial charge >= 0.3 is 11.9 Å². The number of ether oxygens (including phenoxy) is 4. The molecule has 0 unspecified atom stereocenters. The van der Waals surface area contributed by atoms with Gasteiger partial charge in [0.25, 0.3) is 0 Å². The molecule has 10 heteroatoms. The van der Waals surface area contributed by atoms with Crippen molar-refractivity contribution in [2.45, 2.75) is 69.5 Å². The fourth-order valence-electron chi connectivity index (χ4n) is 11.6. The first-order chi connectivity index (χ1) is 31.5. The largest absolute Gasteiger partial charge is 0.508 e. The maximum Gasteiger partial charge on any atom is 0.310 e. The van der Waals surface area contributed by atoms with Crippen molar-refractivity contribution in [3.05, 3.63) is 155 Å². The van der Waals surface area contributed by atoms with Crippen LogP contribution in [-0.4, -0.2) is 65.4 Å². The van der Waals surface area contributed by atoms with Crippen LogP contribution < -0.4 is 9.47 Å². The van der Waals surface area contributed by atoms with E-state index in [1.165, 1.54) is 21.1 Å². The van der Waals surface area contributed by atoms with Gasteiger partial charge in [0.15, 0.2) is 23.0 Å². The molecule has 3 aliphatic rings. The van der Waals surface area contributed by atoms with Crippen LogP contribution in [0.15, 0.2) is 121 Å². The molecule has 0 amide bonds. The van der Waals surface area contributed by atoms with E-state index in [1.54, 1.807) is 24.3 Å². The summed E-state index contributed by atoms with van der Waals surface area (Å²) in [5.41, 5.74) is 6.17. The normalized spacial score (nSPS) is 23.5. The van der Waals surface area contributed by atoms with E-state index in [4.69, 9.17) is 18.9 Å². The first kappa shape index (κ1) is 43.5. The number of aryl methyl sites for hydroxylation is 1. The Morgan fingerprint density at radius 2 is 1.48 bits per heavy atom. The summed E-state index contributed by atoms with van der Waals surface area (Å²) < 4.78 is 24.3. The van der Waals surface area contributed by atoms with Crippen LogP contribution in [0.3, 0.4) is 0 Å². The lowest BCUT2D eigenvalue weighted by molar-refractivity contribution is -0.166. The van der Waals surface area contributed by atoms with E-state index in [-0.39, 0.29) is 48.5 Å². The molecule has 6 aromatic rings. The highest BCUT2D eigenvalue weighted by atomic mass is 16.6. The summed E-state index contributed by atoms with van der Waals surface area (Å²) in [7, 11) is 3.02. The van der Waals surface area contributed by atoms with E-state index in [9.17, 15) is 30.0 Å². The van der Waals surface area contributed by atoms with Crippen molar-refractivity contribution < 1.29 is 49.0 Å². The van der Waals surface area contributed by atoms with Crippen molar-refractivity contribution in [3.63, 3.8) is 0 Å². The number of phenolic OH excluding ortho intramolecular Hbond substituents is 3. The van der Waals surface area contributed by atoms with Crippen molar-refractivity contribution >= 4 is 28.8 Å². The molecule has 1 fully saturated rings. The molecule has 7 atom stereocenters. The molecule has 0 spiro atoms. The highest BCUT2D eigenvalue weighted by Crippen LogP contribution is 2.64. The maximum atomic E-state index is 14.4. The number of aliphatic hydroxyl groups excluding tert-OH is 1. The summed E-state index contributed by atoms with van der Waals surface area (Å²) in [6.45, 7) is 1.12. The van der Waals surface area contributed by atoms with Gasteiger partial charge in [-0.1, -0.05) is 84.9 Å². The highest BCUT2D eigenvalue weighted by Gasteiger charge is 2.60. The number of methoxy groups -OCH3 is 2. The average molecular weight is 875 g/mol. The average Bonchev–Trinajstić information content (AvgIpc) is 3.29. The fourth-order valence-corrected chi connectivity index (χ4v) is 11.6. The van der Waals surface area contributed by atoms with Crippen LogP contribution in [0.5, 0.6) is 28.7 Å². The van der Waals surface area contributed by atoms with Crippen LogP contribution >= 0.6 is 0 Å². The van der Waals surface area contributed by atoms with E-state index < -0.39 is 41.4 Å². The SMILES string of the molecule is COc1cc2c(cc1O)[C@@H](CO)[C@]1(/C=C/c3ccccc3)[C@@H]3CCc4cc(O)c(OC)cc4[C@H]3C[C@H](OC(=O)Cc3ccc4cc(O)cc(-c5ccccc5)c4c3)C[C@@H](OC(C)=O)[C@H]1C2. The Morgan fingerprint density at radius 3 is 2.20 bits per heavy atom. The minimum Gasteiger partial charge on any atom is -0.508 e. The molecule has 0 aliphatic heterocycles. The first-order valence-corrected chi connectivity index (χ1v) is 22.3. The molecule has 0 radical (unpaired) electrons. The number of fused-ring (bicyclic) bond motifs is 7. The number of carbonyl (C=O) groups is 2. The van der Waals surface area contributed by atoms with Crippen LogP contribution in [0.1, 0.15) is 71.4 Å². The second kappa shape index (κ2) is 18.0. The Balaban J connectivity index is 1.17. The monoisotopic (exact) mass is 874 g/mol. The third-order valence-corrected chi connectivity index (χ3v) is 14.3. The van der Waals surface area contributed by atoms with Crippen LogP contribution in [0.25, 0.3) is 28.0 Å². The van der Waals surface area contributed by atoms with Gasteiger partial charge in [-0.3, -0.25) is 9.59 Å². The number of hydrogen-bond donors (Lipinski definition) is 4. The first-order valence-electron chi connectivity index (χ1n) is 22.3. The van der Waals surface area contributed by atoms with Crippen molar-refractivity contribution in [1.29, 1.82) is 0 Å². The number of aromatic hydroxyl groups is 3. The van der Waals surface area contributed by atoms with Crippen molar-refractivity contribution in [1.82, 2.24) is 0 Å². The third-order valence-electron chi connectivity index (χ3n) is 14.3. The molecule has 9 rings (SSSR count). The minimum atomic E-state index is -0.878. The highest BCUT2D eigenvalue weighted by molar-refractivity contribution is 5.98. The van der Waals surface area contributed by atoms with E-state index in [0.717, 1.165) is 55.3 Å². The zero-order valence-electron chi connectivity index (χ0n) is 36.8. The smallest absolute Gasteiger partial charge is 0.310 e. The Hall–Kier alpha value is -6.78. The summed E-state index contributed by atoms with van der Waals surface area (Å²) in [6, 6.07) is 36.1. The predicted octanol–water partition coefficient (Wildman–Crippen LogP) is 9.82. The van der Waals surface area contributed by atoms with Gasteiger partial charge in [-0.2, -0.15) is 0 Å². The number of phenols is 3. The van der Waals surface area contributed by atoms with Crippen molar-refractivity contribution in [3.8, 4) is 39.9 Å². The van der Waals surface area contributed by atoms with Gasteiger partial charge in [0.1, 0.15) is 18.0 Å². The Morgan fingerprint density at radius 1 is 0.754 bits per heavy atom. The molecule has 0 heterocycles. The quantitative estimate of drug-likeness (QED) is 0.0980. The zero-order chi connectivity index (χ0) is 45.4. The number of benzene rings is 6. The van der Waals surface area contributed by atoms with Gasteiger partial charge in [-0.25, -0.2) is 0 Å². The van der Waals surface area contributed by atoms with Crippen LogP contribution in [0.4, 0.5) is 0 Å². The summed E-state index contributed by atoms with van der Waals surface area (Å²) in [6.07, 6.45) is 5.00. The summed E-state index contributed by atoms with van der Waals surface area (Å²) in [5, 5.41) is 46.4. The summed E-state index contributed by atoms with van der Waals surface area (Å²) in [4.78, 5) is 27.7. The number of aliphatic hydroxyl groups is 1. The van der Waals surface area contributed by atoms with E-state index in [0.29, 0.717) is 37.2 Å². The summed E-state index contributed by atoms with van der Waals surface area (Å²) >= 11 is 0. The molecule has 6 aromatic carbocycles. The number of allylic oxidation sites excluding steroid dienone is 1. The molecule has 334 valence electrons. The van der Waals surface area contributed by atoms with Gasteiger partial charge in [0.05, 0.1) is 27.2 Å². The lowest BCUT2D eigenvalue weighted by atomic mass is 9.46. The molecule has 4 N–H and O–H groups in total. The summed E-state index contributed by atoms with van der Waals surface area (Å²) in [5.74, 6) is -1.64. The van der Waals surface area contributed by atoms with E-state index in [2.05, 4.69) is 12.2 Å². The topological polar surface area (TPSA) is 152 Å². The lowest BCUT2D eigenvalue weighted by Crippen LogP contribution is -2.56. The number of esters is 2. The second-order valence-corrected chi connectivity index (χ2v) is 17.8. The van der Waals surface area contributed by atoms with E-state index in [1.807, 2.05) is 91.0 Å². The molecule has 3 aliphatic carbocycles. The molecular weight excluding hydrogens is 821 g/mol. The van der Waals surface area contributed by atoms with E-state index >= 15 is 0 Å². The van der Waals surface area contributed by atoms with Crippen LogP contribution in [-0.2, 0) is 38.3 Å². The molecule has 65 heavy (non-hydrogen) atoms. The Labute approximate surface area is 378 Å². The molecule has 0 saturated heterocycles. The van der Waals surface area contributed by atoms with Crippen molar-refractivity contribution in [2.75, 3.05) is 20.8 Å². The van der Waals surface area contributed by atoms with Gasteiger partial charge in [-0.15, -0.1) is 0 Å². The van der Waals surface area contributed by atoms with Gasteiger partial charge in [0, 0.05) is 30.6 Å². The molecule has 0 bridgehead atoms. The van der Waals surface area contributed by atoms with Crippen LogP contribution in [0.2, 0.25) is 0 Å². The van der Waals surface area contributed by atoms with Gasteiger partial charge in [-0.05, 0) is 135 Å². The number of rotatable bonds is 10. The Bertz CT molecular complexity index is 2770. The molecule has 1 saturated carbocycles. The van der Waals surface area contributed by atoms with Gasteiger partial charge < -0.3 is 39.4 Å². The third kappa shape index (κ3) is 8.27. The zero-order valence-corrected chi connectivity index (χ0v) is 36.8. The van der Waals surface area contributed by atoms with Crippen LogP contribution in [0, 0.1) is 17.3 Å². The predicted molar refractivity (Wildman–Crippen MR) is 248 cm³/mol. The number of carbonyl (C=O) groups excluding carboxylic acids is 2. The molecule has 0 aromatic heterocycles. The minimum absolute atomic E-state index is 0.0252. The molecule has 10 nitrogen and oxygen atoms in total. The lowest BCUT2D eigenvalue weighted by Gasteiger charge is -2.59. The van der Waals surface area contributed by atoms with Gasteiger partial charge in [0.2, 0.25) is 0 Å². The second-order valence-electron chi connectivity index (χ2n) is 17.8. The Kier molecular flexibility index (Phi) is 12.0. The fraction of sp³-hybridized carbons (Fsp3) is 0.309. The van der Waals surface area contributed by atoms with Crippen molar-refractivity contribution in [2.24, 2.45) is 17.3 Å². The molecular formula is C55H54O10. The number of hydrogen-bond acceptors (Lipinski definition) is 10.